The molecule has 3 saturated carbocycles. The SMILES string of the molecule is CCO[C@@H]1CCC2(C)C(=CC[C@@H]3[C@@H]2CC[C@]2(C)C(=O)CC[C@@H]32)C1. The molecule has 4 aliphatic rings. The van der Waals surface area contributed by atoms with Crippen LogP contribution in [-0.2, 0) is 9.53 Å². The van der Waals surface area contributed by atoms with Gasteiger partial charge < -0.3 is 4.74 Å². The van der Waals surface area contributed by atoms with Crippen LogP contribution in [0.15, 0.2) is 11.6 Å². The van der Waals surface area contributed by atoms with E-state index >= 15 is 0 Å². The second-order valence-corrected chi connectivity index (χ2v) is 9.00. The van der Waals surface area contributed by atoms with Crippen LogP contribution in [0.1, 0.15) is 72.1 Å². The maximum absolute atomic E-state index is 12.5. The van der Waals surface area contributed by atoms with E-state index < -0.39 is 0 Å². The average Bonchev–Trinajstić information content (AvgIpc) is 2.84. The number of allylic oxidation sites excluding steroid dienone is 1. The van der Waals surface area contributed by atoms with Gasteiger partial charge in [-0.3, -0.25) is 4.79 Å². The van der Waals surface area contributed by atoms with E-state index in [1.165, 1.54) is 25.7 Å². The fraction of sp³-hybridized carbons (Fsp3) is 0.857. The third-order valence-electron chi connectivity index (χ3n) is 8.17. The molecule has 128 valence electrons. The zero-order valence-corrected chi connectivity index (χ0v) is 15.1. The molecule has 0 spiro atoms. The predicted octanol–water partition coefficient (Wildman–Crippen LogP) is 4.92. The Morgan fingerprint density at radius 2 is 1.87 bits per heavy atom. The zero-order valence-electron chi connectivity index (χ0n) is 15.1. The summed E-state index contributed by atoms with van der Waals surface area (Å²) in [5.74, 6) is 2.75. The lowest BCUT2D eigenvalue weighted by Crippen LogP contribution is -2.50. The molecule has 0 N–H and O–H groups in total. The summed E-state index contributed by atoms with van der Waals surface area (Å²) in [5, 5.41) is 0. The summed E-state index contributed by atoms with van der Waals surface area (Å²) in [4.78, 5) is 12.5. The molecule has 0 aromatic heterocycles. The Hall–Kier alpha value is -0.630. The molecule has 2 heteroatoms. The lowest BCUT2D eigenvalue weighted by Gasteiger charge is -2.57. The Bertz CT molecular complexity index is 536. The molecule has 3 fully saturated rings. The molecular weight excluding hydrogens is 284 g/mol. The van der Waals surface area contributed by atoms with E-state index in [1.807, 2.05) is 0 Å². The molecule has 0 amide bonds. The highest BCUT2D eigenvalue weighted by atomic mass is 16.5. The molecule has 4 rings (SSSR count). The molecule has 0 saturated heterocycles. The van der Waals surface area contributed by atoms with Crippen LogP contribution in [0.2, 0.25) is 0 Å². The maximum Gasteiger partial charge on any atom is 0.139 e. The van der Waals surface area contributed by atoms with Crippen molar-refractivity contribution in [2.24, 2.45) is 28.6 Å². The monoisotopic (exact) mass is 316 g/mol. The Morgan fingerprint density at radius 1 is 1.13 bits per heavy atom. The van der Waals surface area contributed by atoms with Crippen molar-refractivity contribution < 1.29 is 9.53 Å². The quantitative estimate of drug-likeness (QED) is 0.676. The smallest absolute Gasteiger partial charge is 0.139 e. The minimum absolute atomic E-state index is 0.00535. The van der Waals surface area contributed by atoms with Crippen molar-refractivity contribution in [3.63, 3.8) is 0 Å². The standard InChI is InChI=1S/C21H32O2/c1-4-23-15-9-11-20(2)14(13-15)5-6-16-17-7-8-19(22)21(17,3)12-10-18(16)20/h5,15-18H,4,6-13H2,1-3H3/t15-,16+,17+,18+,20?,21+/m1/s1. The first-order valence-corrected chi connectivity index (χ1v) is 9.83. The van der Waals surface area contributed by atoms with E-state index in [2.05, 4.69) is 26.8 Å². The van der Waals surface area contributed by atoms with Crippen LogP contribution in [0.4, 0.5) is 0 Å². The van der Waals surface area contributed by atoms with Gasteiger partial charge in [0.05, 0.1) is 6.10 Å². The van der Waals surface area contributed by atoms with E-state index in [1.54, 1.807) is 5.57 Å². The van der Waals surface area contributed by atoms with Gasteiger partial charge in [-0.2, -0.15) is 0 Å². The molecule has 2 nitrogen and oxygen atoms in total. The number of carbonyl (C=O) groups excluding carboxylic acids is 1. The molecule has 0 bridgehead atoms. The number of hydrogen-bond donors (Lipinski definition) is 0. The molecule has 0 radical (unpaired) electrons. The third kappa shape index (κ3) is 2.20. The van der Waals surface area contributed by atoms with Crippen LogP contribution >= 0.6 is 0 Å². The first kappa shape index (κ1) is 15.9. The summed E-state index contributed by atoms with van der Waals surface area (Å²) < 4.78 is 5.93. The van der Waals surface area contributed by atoms with Crippen LogP contribution in [0.3, 0.4) is 0 Å². The Morgan fingerprint density at radius 3 is 2.65 bits per heavy atom. The number of fused-ring (bicyclic) bond motifs is 5. The minimum atomic E-state index is 0.00535. The molecule has 4 aliphatic carbocycles. The second-order valence-electron chi connectivity index (χ2n) is 9.00. The van der Waals surface area contributed by atoms with Crippen molar-refractivity contribution in [3.05, 3.63) is 11.6 Å². The molecule has 0 aliphatic heterocycles. The van der Waals surface area contributed by atoms with Gasteiger partial charge in [0.1, 0.15) is 5.78 Å². The first-order valence-electron chi connectivity index (χ1n) is 9.83. The summed E-state index contributed by atoms with van der Waals surface area (Å²) in [7, 11) is 0. The van der Waals surface area contributed by atoms with E-state index in [9.17, 15) is 4.79 Å². The van der Waals surface area contributed by atoms with Crippen molar-refractivity contribution in [2.45, 2.75) is 78.2 Å². The second kappa shape index (κ2) is 5.44. The van der Waals surface area contributed by atoms with Crippen LogP contribution in [0, 0.1) is 28.6 Å². The maximum atomic E-state index is 12.5. The summed E-state index contributed by atoms with van der Waals surface area (Å²) in [6, 6.07) is 0. The van der Waals surface area contributed by atoms with Gasteiger partial charge in [-0.15, -0.1) is 0 Å². The summed E-state index contributed by atoms with van der Waals surface area (Å²) in [6.45, 7) is 7.75. The molecular formula is C21H32O2. The molecule has 0 heterocycles. The molecule has 0 aromatic rings. The Labute approximate surface area is 141 Å². The van der Waals surface area contributed by atoms with Crippen LogP contribution in [0.25, 0.3) is 0 Å². The summed E-state index contributed by atoms with van der Waals surface area (Å²) in [6.07, 6.45) is 12.2. The lowest BCUT2D eigenvalue weighted by atomic mass is 9.48. The highest BCUT2D eigenvalue weighted by Crippen LogP contribution is 2.64. The highest BCUT2D eigenvalue weighted by molar-refractivity contribution is 5.87. The van der Waals surface area contributed by atoms with Gasteiger partial charge in [-0.1, -0.05) is 25.5 Å². The van der Waals surface area contributed by atoms with Gasteiger partial charge in [-0.25, -0.2) is 0 Å². The predicted molar refractivity (Wildman–Crippen MR) is 92.1 cm³/mol. The Kier molecular flexibility index (Phi) is 3.75. The van der Waals surface area contributed by atoms with E-state index in [0.717, 1.165) is 44.1 Å². The topological polar surface area (TPSA) is 26.3 Å². The average molecular weight is 316 g/mol. The van der Waals surface area contributed by atoms with Gasteiger partial charge in [0, 0.05) is 18.4 Å². The molecule has 23 heavy (non-hydrogen) atoms. The fourth-order valence-electron chi connectivity index (χ4n) is 6.78. The Balaban J connectivity index is 1.61. The number of Topliss-reactive ketones (excluding diaryl/α,β-unsaturated/α-hetero) is 1. The summed E-state index contributed by atoms with van der Waals surface area (Å²) in [5.41, 5.74) is 2.06. The fourth-order valence-corrected chi connectivity index (χ4v) is 6.78. The van der Waals surface area contributed by atoms with Gasteiger partial charge >= 0.3 is 0 Å². The van der Waals surface area contributed by atoms with Crippen LogP contribution < -0.4 is 0 Å². The van der Waals surface area contributed by atoms with Crippen molar-refractivity contribution in [2.75, 3.05) is 6.61 Å². The minimum Gasteiger partial charge on any atom is -0.378 e. The highest BCUT2D eigenvalue weighted by Gasteiger charge is 2.58. The summed E-state index contributed by atoms with van der Waals surface area (Å²) >= 11 is 0. The van der Waals surface area contributed by atoms with Gasteiger partial charge in [0.15, 0.2) is 0 Å². The van der Waals surface area contributed by atoms with Crippen molar-refractivity contribution in [3.8, 4) is 0 Å². The molecule has 1 unspecified atom stereocenters. The van der Waals surface area contributed by atoms with Gasteiger partial charge in [0.25, 0.3) is 0 Å². The number of hydrogen-bond acceptors (Lipinski definition) is 2. The normalized spacial score (nSPS) is 49.2. The number of carbonyl (C=O) groups is 1. The lowest BCUT2D eigenvalue weighted by molar-refractivity contribution is -0.132. The van der Waals surface area contributed by atoms with Crippen molar-refractivity contribution >= 4 is 5.78 Å². The van der Waals surface area contributed by atoms with Crippen LogP contribution in [0.5, 0.6) is 0 Å². The van der Waals surface area contributed by atoms with Crippen molar-refractivity contribution in [1.82, 2.24) is 0 Å². The third-order valence-corrected chi connectivity index (χ3v) is 8.17. The molecule has 6 atom stereocenters. The zero-order chi connectivity index (χ0) is 16.2. The van der Waals surface area contributed by atoms with E-state index in [-0.39, 0.29) is 5.41 Å². The van der Waals surface area contributed by atoms with Crippen LogP contribution in [-0.4, -0.2) is 18.5 Å². The van der Waals surface area contributed by atoms with E-state index in [0.29, 0.717) is 23.2 Å². The number of ether oxygens (including phenoxy) is 1. The van der Waals surface area contributed by atoms with E-state index in [4.69, 9.17) is 4.74 Å². The van der Waals surface area contributed by atoms with Crippen molar-refractivity contribution in [1.29, 1.82) is 0 Å². The van der Waals surface area contributed by atoms with Gasteiger partial charge in [-0.05, 0) is 75.0 Å². The number of ketones is 1. The largest absolute Gasteiger partial charge is 0.378 e. The van der Waals surface area contributed by atoms with Gasteiger partial charge in [0.2, 0.25) is 0 Å². The first-order chi connectivity index (χ1) is 11.0. The number of rotatable bonds is 2. The molecule has 0 aromatic carbocycles.